The first-order chi connectivity index (χ1) is 9.70. The van der Waals surface area contributed by atoms with E-state index >= 15 is 0 Å². The fourth-order valence-electron chi connectivity index (χ4n) is 1.90. The molecule has 3 nitrogen and oxygen atoms in total. The first-order valence-corrected chi connectivity index (χ1v) is 8.98. The minimum Gasteiger partial charge on any atom is -0.280 e. The van der Waals surface area contributed by atoms with Gasteiger partial charge in [0.15, 0.2) is 0 Å². The van der Waals surface area contributed by atoms with Gasteiger partial charge in [0.25, 0.3) is 10.0 Å². The lowest BCUT2D eigenvalue weighted by Gasteiger charge is -2.12. The molecule has 0 fully saturated rings. The van der Waals surface area contributed by atoms with E-state index in [1.165, 1.54) is 18.2 Å². The summed E-state index contributed by atoms with van der Waals surface area (Å²) in [6.07, 6.45) is 0. The highest BCUT2D eigenvalue weighted by atomic mass is 79.9. The molecular weight excluding hydrogens is 397 g/mol. The van der Waals surface area contributed by atoms with Crippen LogP contribution in [0.25, 0.3) is 0 Å². The summed E-state index contributed by atoms with van der Waals surface area (Å²) in [7, 11) is -3.79. The molecule has 0 saturated carbocycles. The maximum Gasteiger partial charge on any atom is 0.263 e. The molecule has 1 N–H and O–H groups in total. The predicted molar refractivity (Wildman–Crippen MR) is 90.9 cm³/mol. The molecular formula is C14H12BrCl2NO2S. The molecule has 0 aliphatic heterocycles. The summed E-state index contributed by atoms with van der Waals surface area (Å²) in [6.45, 7) is 3.78. The van der Waals surface area contributed by atoms with Crippen LogP contribution in [0.3, 0.4) is 0 Å². The van der Waals surface area contributed by atoms with Crippen molar-refractivity contribution in [2.45, 2.75) is 18.7 Å². The van der Waals surface area contributed by atoms with Crippen molar-refractivity contribution >= 4 is 54.8 Å². The van der Waals surface area contributed by atoms with E-state index in [-0.39, 0.29) is 9.92 Å². The Morgan fingerprint density at radius 3 is 2.19 bits per heavy atom. The van der Waals surface area contributed by atoms with Crippen molar-refractivity contribution in [3.8, 4) is 0 Å². The van der Waals surface area contributed by atoms with Gasteiger partial charge in [0.1, 0.15) is 4.90 Å². The second kappa shape index (κ2) is 6.16. The molecule has 0 heterocycles. The minimum absolute atomic E-state index is 0.0464. The van der Waals surface area contributed by atoms with Gasteiger partial charge >= 0.3 is 0 Å². The molecule has 0 radical (unpaired) electrons. The third-order valence-electron chi connectivity index (χ3n) is 2.87. The zero-order valence-electron chi connectivity index (χ0n) is 11.2. The standard InChI is InChI=1S/C14H12BrCl2NO2S/c1-8-5-11(6-9(2)14(8)15)18-21(19,20)13-7-10(16)3-4-12(13)17/h3-7,18H,1-2H3. The van der Waals surface area contributed by atoms with Crippen LogP contribution in [-0.2, 0) is 10.0 Å². The van der Waals surface area contributed by atoms with Crippen molar-refractivity contribution in [2.75, 3.05) is 4.72 Å². The molecule has 0 amide bonds. The highest BCUT2D eigenvalue weighted by molar-refractivity contribution is 9.10. The lowest BCUT2D eigenvalue weighted by Crippen LogP contribution is -2.13. The molecule has 0 spiro atoms. The monoisotopic (exact) mass is 407 g/mol. The molecule has 21 heavy (non-hydrogen) atoms. The Kier molecular flexibility index (Phi) is 4.88. The number of rotatable bonds is 3. The molecule has 0 unspecified atom stereocenters. The Labute approximate surface area is 142 Å². The van der Waals surface area contributed by atoms with Crippen LogP contribution in [0.2, 0.25) is 10.0 Å². The van der Waals surface area contributed by atoms with E-state index in [0.29, 0.717) is 10.7 Å². The summed E-state index contributed by atoms with van der Waals surface area (Å²) in [5.41, 5.74) is 2.35. The van der Waals surface area contributed by atoms with Crippen LogP contribution < -0.4 is 4.72 Å². The molecule has 2 aromatic carbocycles. The molecule has 0 aliphatic carbocycles. The Morgan fingerprint density at radius 2 is 1.62 bits per heavy atom. The zero-order valence-corrected chi connectivity index (χ0v) is 15.2. The van der Waals surface area contributed by atoms with Gasteiger partial charge in [0.2, 0.25) is 0 Å². The Hall–Kier alpha value is -0.750. The van der Waals surface area contributed by atoms with Crippen LogP contribution in [0.5, 0.6) is 0 Å². The van der Waals surface area contributed by atoms with Crippen LogP contribution in [0, 0.1) is 13.8 Å². The normalized spacial score (nSPS) is 11.5. The van der Waals surface area contributed by atoms with Crippen molar-refractivity contribution in [3.63, 3.8) is 0 Å². The van der Waals surface area contributed by atoms with E-state index in [1.807, 2.05) is 13.8 Å². The maximum absolute atomic E-state index is 12.4. The summed E-state index contributed by atoms with van der Waals surface area (Å²) in [4.78, 5) is -0.0464. The smallest absolute Gasteiger partial charge is 0.263 e. The second-order valence-corrected chi connectivity index (χ2v) is 7.89. The molecule has 0 atom stereocenters. The van der Waals surface area contributed by atoms with Gasteiger partial charge in [-0.05, 0) is 55.3 Å². The molecule has 0 aliphatic rings. The molecule has 0 saturated heterocycles. The first-order valence-electron chi connectivity index (χ1n) is 5.95. The van der Waals surface area contributed by atoms with Gasteiger partial charge in [-0.1, -0.05) is 39.1 Å². The van der Waals surface area contributed by atoms with Crippen molar-refractivity contribution in [2.24, 2.45) is 0 Å². The fourth-order valence-corrected chi connectivity index (χ4v) is 3.93. The fraction of sp³-hybridized carbons (Fsp3) is 0.143. The third kappa shape index (κ3) is 3.72. The van der Waals surface area contributed by atoms with Crippen LogP contribution in [0.4, 0.5) is 5.69 Å². The lowest BCUT2D eigenvalue weighted by atomic mass is 10.1. The third-order valence-corrected chi connectivity index (χ3v) is 6.22. The number of nitrogens with one attached hydrogen (secondary N) is 1. The number of benzene rings is 2. The first kappa shape index (κ1) is 16.6. The summed E-state index contributed by atoms with van der Waals surface area (Å²) >= 11 is 15.2. The van der Waals surface area contributed by atoms with Gasteiger partial charge in [-0.2, -0.15) is 0 Å². The molecule has 0 aromatic heterocycles. The highest BCUT2D eigenvalue weighted by Crippen LogP contribution is 2.29. The SMILES string of the molecule is Cc1cc(NS(=O)(=O)c2cc(Cl)ccc2Cl)cc(C)c1Br. The van der Waals surface area contributed by atoms with E-state index in [0.717, 1.165) is 15.6 Å². The van der Waals surface area contributed by atoms with Crippen molar-refractivity contribution in [3.05, 3.63) is 56.0 Å². The predicted octanol–water partition coefficient (Wildman–Crippen LogP) is 5.17. The summed E-state index contributed by atoms with van der Waals surface area (Å²) in [5, 5.41) is 0.431. The average molecular weight is 409 g/mol. The maximum atomic E-state index is 12.4. The number of halogens is 3. The van der Waals surface area contributed by atoms with E-state index in [1.54, 1.807) is 12.1 Å². The summed E-state index contributed by atoms with van der Waals surface area (Å²) in [5.74, 6) is 0. The lowest BCUT2D eigenvalue weighted by molar-refractivity contribution is 0.601. The largest absolute Gasteiger partial charge is 0.280 e. The van der Waals surface area contributed by atoms with E-state index in [2.05, 4.69) is 20.7 Å². The number of aryl methyl sites for hydroxylation is 2. The number of sulfonamides is 1. The van der Waals surface area contributed by atoms with Crippen LogP contribution in [-0.4, -0.2) is 8.42 Å². The quantitative estimate of drug-likeness (QED) is 0.760. The molecule has 0 bridgehead atoms. The van der Waals surface area contributed by atoms with E-state index in [4.69, 9.17) is 23.2 Å². The molecule has 2 aromatic rings. The van der Waals surface area contributed by atoms with E-state index in [9.17, 15) is 8.42 Å². The number of hydrogen-bond acceptors (Lipinski definition) is 2. The van der Waals surface area contributed by atoms with Crippen LogP contribution in [0.1, 0.15) is 11.1 Å². The molecule has 112 valence electrons. The summed E-state index contributed by atoms with van der Waals surface area (Å²) in [6, 6.07) is 7.80. The van der Waals surface area contributed by atoms with Gasteiger partial charge < -0.3 is 0 Å². The Balaban J connectivity index is 2.45. The van der Waals surface area contributed by atoms with Gasteiger partial charge in [-0.3, -0.25) is 4.72 Å². The van der Waals surface area contributed by atoms with Gasteiger partial charge in [-0.25, -0.2) is 8.42 Å². The number of anilines is 1. The summed E-state index contributed by atoms with van der Waals surface area (Å²) < 4.78 is 28.3. The average Bonchev–Trinajstić information content (AvgIpc) is 2.38. The van der Waals surface area contributed by atoms with Crippen molar-refractivity contribution < 1.29 is 8.42 Å². The van der Waals surface area contributed by atoms with Crippen molar-refractivity contribution in [1.82, 2.24) is 0 Å². The molecule has 7 heteroatoms. The van der Waals surface area contributed by atoms with Gasteiger partial charge in [0.05, 0.1) is 5.02 Å². The zero-order chi connectivity index (χ0) is 15.8. The minimum atomic E-state index is -3.79. The van der Waals surface area contributed by atoms with Gasteiger partial charge in [-0.15, -0.1) is 0 Å². The highest BCUT2D eigenvalue weighted by Gasteiger charge is 2.19. The van der Waals surface area contributed by atoms with Crippen LogP contribution in [0.15, 0.2) is 39.7 Å². The number of hydrogen-bond donors (Lipinski definition) is 1. The van der Waals surface area contributed by atoms with Crippen molar-refractivity contribution in [1.29, 1.82) is 0 Å². The van der Waals surface area contributed by atoms with Crippen LogP contribution >= 0.6 is 39.1 Å². The molecule has 2 rings (SSSR count). The Bertz CT molecular complexity index is 784. The topological polar surface area (TPSA) is 46.2 Å². The van der Waals surface area contributed by atoms with E-state index < -0.39 is 10.0 Å². The Morgan fingerprint density at radius 1 is 1.05 bits per heavy atom. The second-order valence-electron chi connectivity index (χ2n) is 4.60. The van der Waals surface area contributed by atoms with Gasteiger partial charge in [0, 0.05) is 15.2 Å².